The number of fused-ring (bicyclic) bond motifs is 1. The van der Waals surface area contributed by atoms with E-state index in [4.69, 9.17) is 0 Å². The minimum atomic E-state index is 0.873. The summed E-state index contributed by atoms with van der Waals surface area (Å²) < 4.78 is 2.24. The Morgan fingerprint density at radius 3 is 2.83 bits per heavy atom. The number of allylic oxidation sites excluding steroid dienone is 1. The zero-order valence-corrected chi connectivity index (χ0v) is 14.6. The predicted molar refractivity (Wildman–Crippen MR) is 97.2 cm³/mol. The van der Waals surface area contributed by atoms with Crippen molar-refractivity contribution in [3.8, 4) is 0 Å². The summed E-state index contributed by atoms with van der Waals surface area (Å²) in [6, 6.07) is 4.54. The van der Waals surface area contributed by atoms with Gasteiger partial charge >= 0.3 is 0 Å². The maximum absolute atomic E-state index is 4.43. The first-order valence-electron chi connectivity index (χ1n) is 8.95. The molecular formula is C19H27N5. The molecule has 0 aliphatic carbocycles. The summed E-state index contributed by atoms with van der Waals surface area (Å²) >= 11 is 0. The highest BCUT2D eigenvalue weighted by Gasteiger charge is 2.14. The zero-order chi connectivity index (χ0) is 16.8. The van der Waals surface area contributed by atoms with Gasteiger partial charge in [-0.2, -0.15) is 0 Å². The Hall–Kier alpha value is -1.94. The molecule has 0 radical (unpaired) electrons. The van der Waals surface area contributed by atoms with Gasteiger partial charge in [-0.1, -0.05) is 19.9 Å². The maximum Gasteiger partial charge on any atom is 0.161 e. The third-order valence-electron chi connectivity index (χ3n) is 4.49. The molecule has 1 aliphatic rings. The highest BCUT2D eigenvalue weighted by atomic mass is 15.3. The van der Waals surface area contributed by atoms with E-state index in [2.05, 4.69) is 56.2 Å². The van der Waals surface area contributed by atoms with E-state index in [9.17, 15) is 0 Å². The third-order valence-corrected chi connectivity index (χ3v) is 4.49. The molecule has 2 aromatic rings. The first-order chi connectivity index (χ1) is 11.8. The lowest BCUT2D eigenvalue weighted by molar-refractivity contribution is 0.233. The Balaban J connectivity index is 1.88. The van der Waals surface area contributed by atoms with Crippen LogP contribution in [0, 0.1) is 0 Å². The standard InChI is InChI=1S/C19H27N5/c1-3-5-6-8-18-21-22-19-14-16(13-17(7-4-2)24(18)19)15-23-11-9-20-10-12-23/h5,13-14,20H,1,4,6-12,15H2,2H3. The lowest BCUT2D eigenvalue weighted by Gasteiger charge is -2.27. The van der Waals surface area contributed by atoms with Crippen LogP contribution in [0.5, 0.6) is 0 Å². The molecule has 0 spiro atoms. The Morgan fingerprint density at radius 2 is 2.08 bits per heavy atom. The van der Waals surface area contributed by atoms with Crippen molar-refractivity contribution in [3.05, 3.63) is 47.6 Å². The van der Waals surface area contributed by atoms with E-state index >= 15 is 0 Å². The van der Waals surface area contributed by atoms with Crippen LogP contribution in [0.2, 0.25) is 0 Å². The summed E-state index contributed by atoms with van der Waals surface area (Å²) in [5, 5.41) is 12.3. The lowest BCUT2D eigenvalue weighted by Crippen LogP contribution is -2.42. The topological polar surface area (TPSA) is 45.5 Å². The first kappa shape index (κ1) is 16.9. The fourth-order valence-corrected chi connectivity index (χ4v) is 3.35. The van der Waals surface area contributed by atoms with Crippen LogP contribution in [0.3, 0.4) is 0 Å². The highest BCUT2D eigenvalue weighted by Crippen LogP contribution is 2.17. The zero-order valence-electron chi connectivity index (χ0n) is 14.6. The second-order valence-electron chi connectivity index (χ2n) is 6.39. The lowest BCUT2D eigenvalue weighted by atomic mass is 10.1. The van der Waals surface area contributed by atoms with Gasteiger partial charge in [0.25, 0.3) is 0 Å². The number of hydrogen-bond donors (Lipinski definition) is 1. The van der Waals surface area contributed by atoms with Gasteiger partial charge in [-0.05, 0) is 36.6 Å². The molecule has 0 unspecified atom stereocenters. The van der Waals surface area contributed by atoms with Crippen molar-refractivity contribution in [3.63, 3.8) is 0 Å². The molecule has 3 rings (SSSR count). The van der Waals surface area contributed by atoms with Gasteiger partial charge in [0.15, 0.2) is 5.65 Å². The molecule has 24 heavy (non-hydrogen) atoms. The molecule has 0 aromatic carbocycles. The van der Waals surface area contributed by atoms with Crippen LogP contribution in [-0.4, -0.2) is 45.7 Å². The van der Waals surface area contributed by atoms with Crippen LogP contribution >= 0.6 is 0 Å². The molecule has 0 bridgehead atoms. The molecule has 5 heteroatoms. The molecular weight excluding hydrogens is 298 g/mol. The van der Waals surface area contributed by atoms with E-state index in [0.29, 0.717) is 0 Å². The van der Waals surface area contributed by atoms with Gasteiger partial charge in [-0.25, -0.2) is 0 Å². The van der Waals surface area contributed by atoms with Gasteiger partial charge in [0, 0.05) is 44.8 Å². The average molecular weight is 325 g/mol. The van der Waals surface area contributed by atoms with Gasteiger partial charge in [0.05, 0.1) is 0 Å². The van der Waals surface area contributed by atoms with E-state index in [0.717, 1.165) is 69.9 Å². The minimum Gasteiger partial charge on any atom is -0.314 e. The number of aromatic nitrogens is 3. The van der Waals surface area contributed by atoms with Crippen molar-refractivity contribution in [2.75, 3.05) is 26.2 Å². The van der Waals surface area contributed by atoms with Gasteiger partial charge in [-0.15, -0.1) is 15.9 Å². The number of piperazine rings is 1. The summed E-state index contributed by atoms with van der Waals surface area (Å²) in [7, 11) is 0. The predicted octanol–water partition coefficient (Wildman–Crippen LogP) is 2.36. The molecule has 1 saturated heterocycles. The average Bonchev–Trinajstić information content (AvgIpc) is 3.00. The van der Waals surface area contributed by atoms with Crippen molar-refractivity contribution in [2.45, 2.75) is 39.2 Å². The van der Waals surface area contributed by atoms with Crippen molar-refractivity contribution >= 4 is 5.65 Å². The largest absolute Gasteiger partial charge is 0.314 e. The molecule has 3 heterocycles. The summed E-state index contributed by atoms with van der Waals surface area (Å²) in [5.41, 5.74) is 6.47. The summed E-state index contributed by atoms with van der Waals surface area (Å²) in [4.78, 5) is 2.50. The molecule has 1 aliphatic heterocycles. The van der Waals surface area contributed by atoms with Gasteiger partial charge in [0.1, 0.15) is 5.82 Å². The van der Waals surface area contributed by atoms with E-state index in [-0.39, 0.29) is 0 Å². The Bertz CT molecular complexity index is 721. The molecule has 0 atom stereocenters. The normalized spacial score (nSPS) is 15.5. The molecule has 0 amide bonds. The van der Waals surface area contributed by atoms with Crippen LogP contribution < -0.4 is 5.32 Å². The van der Waals surface area contributed by atoms with Crippen molar-refractivity contribution in [1.82, 2.24) is 24.8 Å². The molecule has 2 aromatic heterocycles. The number of rotatable bonds is 7. The van der Waals surface area contributed by atoms with Crippen LogP contribution in [-0.2, 0) is 19.4 Å². The minimum absolute atomic E-state index is 0.873. The fraction of sp³-hybridized carbons (Fsp3) is 0.526. The number of nitrogens with zero attached hydrogens (tertiary/aromatic N) is 4. The second kappa shape index (κ2) is 8.25. The monoisotopic (exact) mass is 325 g/mol. The van der Waals surface area contributed by atoms with Crippen LogP contribution in [0.4, 0.5) is 0 Å². The van der Waals surface area contributed by atoms with Crippen molar-refractivity contribution in [1.29, 1.82) is 0 Å². The summed E-state index contributed by atoms with van der Waals surface area (Å²) in [6.45, 7) is 11.2. The Labute approximate surface area is 144 Å². The van der Waals surface area contributed by atoms with Gasteiger partial charge in [0.2, 0.25) is 0 Å². The van der Waals surface area contributed by atoms with Crippen molar-refractivity contribution in [2.24, 2.45) is 0 Å². The quantitative estimate of drug-likeness (QED) is 0.794. The molecule has 1 fully saturated rings. The third kappa shape index (κ3) is 3.93. The number of pyridine rings is 1. The second-order valence-corrected chi connectivity index (χ2v) is 6.39. The van der Waals surface area contributed by atoms with E-state index in [1.54, 1.807) is 0 Å². The fourth-order valence-electron chi connectivity index (χ4n) is 3.35. The molecule has 0 saturated carbocycles. The smallest absolute Gasteiger partial charge is 0.161 e. The van der Waals surface area contributed by atoms with Crippen molar-refractivity contribution < 1.29 is 0 Å². The Kier molecular flexibility index (Phi) is 5.81. The molecule has 5 nitrogen and oxygen atoms in total. The van der Waals surface area contributed by atoms with E-state index in [1.165, 1.54) is 11.3 Å². The molecule has 128 valence electrons. The van der Waals surface area contributed by atoms with E-state index < -0.39 is 0 Å². The van der Waals surface area contributed by atoms with Gasteiger partial charge < -0.3 is 5.32 Å². The Morgan fingerprint density at radius 1 is 1.25 bits per heavy atom. The highest BCUT2D eigenvalue weighted by molar-refractivity contribution is 5.44. The molecule has 1 N–H and O–H groups in total. The first-order valence-corrected chi connectivity index (χ1v) is 8.95. The van der Waals surface area contributed by atoms with Crippen LogP contribution in [0.1, 0.15) is 36.8 Å². The number of hydrogen-bond acceptors (Lipinski definition) is 4. The SMILES string of the molecule is C=C=CCCc1nnc2cc(CN3CCNCC3)cc(CCC)n12. The van der Waals surface area contributed by atoms with Crippen LogP contribution in [0.15, 0.2) is 30.5 Å². The number of aryl methyl sites for hydroxylation is 2. The summed E-state index contributed by atoms with van der Waals surface area (Å²) in [6.07, 6.45) is 5.90. The maximum atomic E-state index is 4.43. The number of nitrogens with one attached hydrogen (secondary N) is 1. The van der Waals surface area contributed by atoms with Gasteiger partial charge in [-0.3, -0.25) is 9.30 Å². The summed E-state index contributed by atoms with van der Waals surface area (Å²) in [5.74, 6) is 1.04. The van der Waals surface area contributed by atoms with E-state index in [1.807, 2.05) is 6.08 Å². The van der Waals surface area contributed by atoms with Crippen LogP contribution in [0.25, 0.3) is 5.65 Å².